The molecule has 1 atom stereocenters. The highest BCUT2D eigenvalue weighted by atomic mass is 32.1. The lowest BCUT2D eigenvalue weighted by atomic mass is 10.1. The Balaban J connectivity index is 1.42. The van der Waals surface area contributed by atoms with Crippen LogP contribution in [0.3, 0.4) is 0 Å². The number of nitro benzene ring substituents is 1. The Morgan fingerprint density at radius 2 is 1.91 bits per heavy atom. The molecule has 4 rings (SSSR count). The van der Waals surface area contributed by atoms with Crippen molar-refractivity contribution < 1.29 is 27.6 Å². The number of hydrogen-bond donors (Lipinski definition) is 1. The number of thiophene rings is 1. The Morgan fingerprint density at radius 3 is 2.65 bits per heavy atom. The maximum atomic E-state index is 13.6. The lowest BCUT2D eigenvalue weighted by molar-refractivity contribution is -0.385. The van der Waals surface area contributed by atoms with E-state index in [1.807, 2.05) is 5.38 Å². The molecule has 0 radical (unpaired) electrons. The highest BCUT2D eigenvalue weighted by Crippen LogP contribution is 2.39. The summed E-state index contributed by atoms with van der Waals surface area (Å²) in [5, 5.41) is 24.2. The summed E-state index contributed by atoms with van der Waals surface area (Å²) in [6.07, 6.45) is -4.47. The summed E-state index contributed by atoms with van der Waals surface area (Å²) in [4.78, 5) is 13.8. The normalized spacial score (nSPS) is 16.6. The van der Waals surface area contributed by atoms with Crippen LogP contribution in [-0.4, -0.2) is 47.7 Å². The van der Waals surface area contributed by atoms with E-state index in [4.69, 9.17) is 0 Å². The Labute approximate surface area is 197 Å². The van der Waals surface area contributed by atoms with E-state index in [0.717, 1.165) is 10.8 Å². The second-order valence-corrected chi connectivity index (χ2v) is 9.19. The summed E-state index contributed by atoms with van der Waals surface area (Å²) in [6, 6.07) is 7.33. The van der Waals surface area contributed by atoms with Crippen LogP contribution in [0.25, 0.3) is 10.1 Å². The Hall–Kier alpha value is -2.76. The van der Waals surface area contributed by atoms with Gasteiger partial charge in [0.15, 0.2) is 0 Å². The zero-order chi connectivity index (χ0) is 24.5. The minimum absolute atomic E-state index is 0.0632. The molecule has 11 heteroatoms. The van der Waals surface area contributed by atoms with E-state index in [0.29, 0.717) is 62.6 Å². The number of non-ortho nitro benzene ring substituents is 1. The lowest BCUT2D eigenvalue weighted by Gasteiger charge is -2.26. The molecule has 1 aromatic heterocycles. The average molecular weight is 498 g/mol. The van der Waals surface area contributed by atoms with Crippen molar-refractivity contribution in [3.63, 3.8) is 0 Å². The van der Waals surface area contributed by atoms with Gasteiger partial charge >= 0.3 is 6.18 Å². The number of hydrogen-bond acceptors (Lipinski definition) is 6. The van der Waals surface area contributed by atoms with Crippen molar-refractivity contribution in [1.82, 2.24) is 4.90 Å². The van der Waals surface area contributed by atoms with Crippen LogP contribution in [0.2, 0.25) is 0 Å². The molecule has 1 aliphatic rings. The molecule has 182 valence electrons. The largest absolute Gasteiger partial charge is 0.418 e. The molecule has 0 saturated carbocycles. The third-order valence-electron chi connectivity index (χ3n) is 6.07. The van der Waals surface area contributed by atoms with E-state index in [9.17, 15) is 32.8 Å². The molecule has 2 aromatic carbocycles. The molecule has 34 heavy (non-hydrogen) atoms. The van der Waals surface area contributed by atoms with Crippen LogP contribution in [0.4, 0.5) is 28.9 Å². The number of rotatable bonds is 6. The minimum atomic E-state index is -4.71. The molecular weight excluding hydrogens is 474 g/mol. The van der Waals surface area contributed by atoms with Crippen molar-refractivity contribution >= 4 is 32.8 Å². The SMILES string of the molecule is O=[N+]([O-])c1ccc(N2CCCN(CCC(O)c3csc4ccc(F)cc34)CC2)c(C(F)(F)F)c1. The summed E-state index contributed by atoms with van der Waals surface area (Å²) in [5.74, 6) is -0.364. The zero-order valence-corrected chi connectivity index (χ0v) is 18.9. The Morgan fingerprint density at radius 1 is 1.12 bits per heavy atom. The number of anilines is 1. The van der Waals surface area contributed by atoms with Gasteiger partial charge in [-0.3, -0.25) is 10.1 Å². The quantitative estimate of drug-likeness (QED) is 0.273. The number of alkyl halides is 3. The van der Waals surface area contributed by atoms with E-state index in [2.05, 4.69) is 4.90 Å². The number of aliphatic hydroxyl groups is 1. The highest BCUT2D eigenvalue weighted by molar-refractivity contribution is 7.17. The molecule has 0 aliphatic carbocycles. The van der Waals surface area contributed by atoms with Gasteiger partial charge in [0.25, 0.3) is 5.69 Å². The first-order valence-electron chi connectivity index (χ1n) is 10.8. The van der Waals surface area contributed by atoms with Gasteiger partial charge in [0.2, 0.25) is 0 Å². The minimum Gasteiger partial charge on any atom is -0.388 e. The van der Waals surface area contributed by atoms with Gasteiger partial charge in [0.1, 0.15) is 5.82 Å². The van der Waals surface area contributed by atoms with Gasteiger partial charge < -0.3 is 14.9 Å². The van der Waals surface area contributed by atoms with E-state index in [1.165, 1.54) is 29.5 Å². The van der Waals surface area contributed by atoms with Gasteiger partial charge in [0, 0.05) is 54.1 Å². The summed E-state index contributed by atoms with van der Waals surface area (Å²) in [6.45, 7) is 2.38. The molecular formula is C23H23F4N3O3S. The maximum absolute atomic E-state index is 13.6. The number of aliphatic hydroxyl groups excluding tert-OH is 1. The predicted molar refractivity (Wildman–Crippen MR) is 123 cm³/mol. The van der Waals surface area contributed by atoms with E-state index in [1.54, 1.807) is 11.0 Å². The van der Waals surface area contributed by atoms with Crippen molar-refractivity contribution in [3.05, 3.63) is 68.8 Å². The summed E-state index contributed by atoms with van der Waals surface area (Å²) >= 11 is 1.44. The fraction of sp³-hybridized carbons (Fsp3) is 0.391. The number of benzene rings is 2. The standard InChI is InChI=1S/C23H23F4N3O3S/c24-15-2-5-22-17(12-15)18(14-34-22)21(31)6-9-28-7-1-8-29(11-10-28)20-4-3-16(30(32)33)13-19(20)23(25,26)27/h2-5,12-14,21,31H,1,6-11H2. The van der Waals surface area contributed by atoms with Crippen molar-refractivity contribution in [2.75, 3.05) is 37.6 Å². The van der Waals surface area contributed by atoms with Gasteiger partial charge in [0.05, 0.1) is 16.6 Å². The van der Waals surface area contributed by atoms with Crippen LogP contribution < -0.4 is 4.90 Å². The highest BCUT2D eigenvalue weighted by Gasteiger charge is 2.37. The molecule has 3 aromatic rings. The van der Waals surface area contributed by atoms with Gasteiger partial charge in [-0.2, -0.15) is 13.2 Å². The first-order chi connectivity index (χ1) is 16.1. The molecule has 1 saturated heterocycles. The van der Waals surface area contributed by atoms with Crippen molar-refractivity contribution in [2.45, 2.75) is 25.1 Å². The summed E-state index contributed by atoms with van der Waals surface area (Å²) < 4.78 is 55.3. The topological polar surface area (TPSA) is 69.9 Å². The van der Waals surface area contributed by atoms with Crippen LogP contribution in [0, 0.1) is 15.9 Å². The van der Waals surface area contributed by atoms with Crippen molar-refractivity contribution in [1.29, 1.82) is 0 Å². The van der Waals surface area contributed by atoms with E-state index >= 15 is 0 Å². The number of nitro groups is 1. The summed E-state index contributed by atoms with van der Waals surface area (Å²) in [5.41, 5.74) is -0.993. The van der Waals surface area contributed by atoms with Gasteiger partial charge in [-0.15, -0.1) is 11.3 Å². The first-order valence-corrected chi connectivity index (χ1v) is 11.7. The van der Waals surface area contributed by atoms with Gasteiger partial charge in [-0.05, 0) is 54.6 Å². The second-order valence-electron chi connectivity index (χ2n) is 8.27. The lowest BCUT2D eigenvalue weighted by Crippen LogP contribution is -2.32. The fourth-order valence-electron chi connectivity index (χ4n) is 4.32. The smallest absolute Gasteiger partial charge is 0.388 e. The second kappa shape index (κ2) is 9.85. The van der Waals surface area contributed by atoms with Gasteiger partial charge in [-0.1, -0.05) is 0 Å². The van der Waals surface area contributed by atoms with Crippen LogP contribution >= 0.6 is 11.3 Å². The molecule has 0 bridgehead atoms. The van der Waals surface area contributed by atoms with Gasteiger partial charge in [-0.25, -0.2) is 4.39 Å². The molecule has 0 amide bonds. The maximum Gasteiger partial charge on any atom is 0.418 e. The molecule has 1 fully saturated rings. The van der Waals surface area contributed by atoms with Crippen LogP contribution in [0.5, 0.6) is 0 Å². The molecule has 1 N–H and O–H groups in total. The third-order valence-corrected chi connectivity index (χ3v) is 7.05. The summed E-state index contributed by atoms with van der Waals surface area (Å²) in [7, 11) is 0. The van der Waals surface area contributed by atoms with E-state index in [-0.39, 0.29) is 11.5 Å². The number of fused-ring (bicyclic) bond motifs is 1. The fourth-order valence-corrected chi connectivity index (χ4v) is 5.30. The van der Waals surface area contributed by atoms with Crippen molar-refractivity contribution in [3.8, 4) is 0 Å². The predicted octanol–water partition coefficient (Wildman–Crippen LogP) is 5.60. The van der Waals surface area contributed by atoms with Crippen LogP contribution in [0.1, 0.15) is 30.1 Å². The molecule has 1 unspecified atom stereocenters. The van der Waals surface area contributed by atoms with Crippen LogP contribution in [-0.2, 0) is 6.18 Å². The van der Waals surface area contributed by atoms with Crippen molar-refractivity contribution in [2.24, 2.45) is 0 Å². The molecule has 0 spiro atoms. The Kier molecular flexibility index (Phi) is 7.06. The van der Waals surface area contributed by atoms with E-state index < -0.39 is 28.5 Å². The molecule has 1 aliphatic heterocycles. The third kappa shape index (κ3) is 5.31. The monoisotopic (exact) mass is 497 g/mol. The average Bonchev–Trinajstić information content (AvgIpc) is 3.05. The Bertz CT molecular complexity index is 1180. The molecule has 6 nitrogen and oxygen atoms in total. The zero-order valence-electron chi connectivity index (χ0n) is 18.1. The first kappa shape index (κ1) is 24.4. The number of halogens is 4. The number of nitrogens with zero attached hydrogens (tertiary/aromatic N) is 3. The molecule has 2 heterocycles. The van der Waals surface area contributed by atoms with Crippen LogP contribution in [0.15, 0.2) is 41.8 Å².